The highest BCUT2D eigenvalue weighted by molar-refractivity contribution is 5.95. The molecule has 2 rings (SSSR count). The van der Waals surface area contributed by atoms with Gasteiger partial charge in [-0.15, -0.1) is 0 Å². The number of pyridine rings is 1. The van der Waals surface area contributed by atoms with E-state index in [1.165, 1.54) is 0 Å². The Morgan fingerprint density at radius 1 is 1.38 bits per heavy atom. The molecule has 1 N–H and O–H groups in total. The van der Waals surface area contributed by atoms with Crippen LogP contribution in [-0.4, -0.2) is 15.8 Å². The van der Waals surface area contributed by atoms with Crippen LogP contribution in [0.1, 0.15) is 29.0 Å². The first-order valence-electron chi connectivity index (χ1n) is 6.15. The summed E-state index contributed by atoms with van der Waals surface area (Å²) in [6.45, 7) is 1.69. The second kappa shape index (κ2) is 6.08. The van der Waals surface area contributed by atoms with E-state index in [-0.39, 0.29) is 11.3 Å². The highest BCUT2D eigenvalue weighted by Crippen LogP contribution is 2.18. The molecule has 7 heteroatoms. The van der Waals surface area contributed by atoms with E-state index >= 15 is 0 Å². The number of nitro groups is 1. The Kier molecular flexibility index (Phi) is 4.22. The van der Waals surface area contributed by atoms with E-state index in [1.54, 1.807) is 31.3 Å². The lowest BCUT2D eigenvalue weighted by Gasteiger charge is -2.13. The van der Waals surface area contributed by atoms with Crippen LogP contribution in [0.5, 0.6) is 0 Å². The van der Waals surface area contributed by atoms with Crippen molar-refractivity contribution in [1.29, 1.82) is 0 Å². The van der Waals surface area contributed by atoms with Crippen molar-refractivity contribution in [1.82, 2.24) is 10.3 Å². The summed E-state index contributed by atoms with van der Waals surface area (Å²) in [6.07, 6.45) is 1.58. The summed E-state index contributed by atoms with van der Waals surface area (Å²) in [5.41, 5.74) is -0.101. The van der Waals surface area contributed by atoms with Gasteiger partial charge in [0.15, 0.2) is 0 Å². The summed E-state index contributed by atoms with van der Waals surface area (Å²) >= 11 is 0. The zero-order valence-electron chi connectivity index (χ0n) is 11.1. The molecule has 6 nitrogen and oxygen atoms in total. The van der Waals surface area contributed by atoms with E-state index in [4.69, 9.17) is 0 Å². The number of carbonyl (C=O) groups is 1. The molecule has 0 aliphatic rings. The lowest BCUT2D eigenvalue weighted by atomic mass is 10.1. The molecule has 0 radical (unpaired) electrons. The fourth-order valence-electron chi connectivity index (χ4n) is 1.78. The van der Waals surface area contributed by atoms with Crippen LogP contribution in [-0.2, 0) is 0 Å². The molecule has 0 aliphatic heterocycles. The zero-order valence-corrected chi connectivity index (χ0v) is 11.1. The van der Waals surface area contributed by atoms with E-state index < -0.39 is 22.7 Å². The highest BCUT2D eigenvalue weighted by Gasteiger charge is 2.19. The maximum atomic E-state index is 13.6. The number of benzene rings is 1. The van der Waals surface area contributed by atoms with Gasteiger partial charge in [-0.05, 0) is 25.1 Å². The van der Waals surface area contributed by atoms with Crippen LogP contribution in [0, 0.1) is 15.9 Å². The van der Waals surface area contributed by atoms with Gasteiger partial charge in [-0.1, -0.05) is 6.07 Å². The van der Waals surface area contributed by atoms with Crippen molar-refractivity contribution in [3.8, 4) is 0 Å². The third-order valence-corrected chi connectivity index (χ3v) is 2.88. The molecule has 108 valence electrons. The van der Waals surface area contributed by atoms with E-state index in [0.29, 0.717) is 5.69 Å². The summed E-state index contributed by atoms with van der Waals surface area (Å²) in [7, 11) is 0. The van der Waals surface area contributed by atoms with Crippen LogP contribution in [0.3, 0.4) is 0 Å². The van der Waals surface area contributed by atoms with E-state index in [1.807, 2.05) is 0 Å². The summed E-state index contributed by atoms with van der Waals surface area (Å²) < 4.78 is 13.6. The average Bonchev–Trinajstić information content (AvgIpc) is 2.48. The summed E-state index contributed by atoms with van der Waals surface area (Å²) in [4.78, 5) is 26.1. The van der Waals surface area contributed by atoms with Crippen molar-refractivity contribution >= 4 is 11.6 Å². The first-order chi connectivity index (χ1) is 9.99. The Labute approximate surface area is 119 Å². The molecule has 1 heterocycles. The molecule has 1 aromatic heterocycles. The fraction of sp³-hybridized carbons (Fsp3) is 0.143. The highest BCUT2D eigenvalue weighted by atomic mass is 19.1. The van der Waals surface area contributed by atoms with Crippen molar-refractivity contribution < 1.29 is 14.1 Å². The minimum absolute atomic E-state index is 0.341. The van der Waals surface area contributed by atoms with Gasteiger partial charge in [0.1, 0.15) is 5.82 Å². The van der Waals surface area contributed by atoms with Gasteiger partial charge in [0.25, 0.3) is 11.6 Å². The first kappa shape index (κ1) is 14.6. The Morgan fingerprint density at radius 2 is 2.14 bits per heavy atom. The molecule has 1 atom stereocenters. The van der Waals surface area contributed by atoms with Crippen LogP contribution >= 0.6 is 0 Å². The van der Waals surface area contributed by atoms with Crippen molar-refractivity contribution in [3.05, 3.63) is 69.8 Å². The molecular weight excluding hydrogens is 277 g/mol. The van der Waals surface area contributed by atoms with E-state index in [9.17, 15) is 19.3 Å². The summed E-state index contributed by atoms with van der Waals surface area (Å²) in [5.74, 6) is -1.54. The maximum absolute atomic E-state index is 13.6. The minimum atomic E-state index is -0.814. The van der Waals surface area contributed by atoms with E-state index in [2.05, 4.69) is 10.3 Å². The van der Waals surface area contributed by atoms with E-state index in [0.717, 1.165) is 18.2 Å². The molecule has 0 spiro atoms. The van der Waals surface area contributed by atoms with Crippen LogP contribution in [0.25, 0.3) is 0 Å². The molecule has 2 aromatic rings. The number of carbonyl (C=O) groups excluding carboxylic acids is 1. The monoisotopic (exact) mass is 289 g/mol. The number of nitro benzene ring substituents is 1. The Bertz CT molecular complexity index is 676. The van der Waals surface area contributed by atoms with Gasteiger partial charge in [0, 0.05) is 18.3 Å². The minimum Gasteiger partial charge on any atom is -0.344 e. The van der Waals surface area contributed by atoms with Crippen LogP contribution in [0.4, 0.5) is 10.1 Å². The molecule has 0 aliphatic carbocycles. The van der Waals surface area contributed by atoms with Crippen molar-refractivity contribution in [2.45, 2.75) is 13.0 Å². The second-order valence-corrected chi connectivity index (χ2v) is 4.37. The Morgan fingerprint density at radius 3 is 2.76 bits per heavy atom. The standard InChI is InChI=1S/C14H12FN3O3/c1-9(13-4-2-3-7-16-13)17-14(19)11-8-10(18(20)21)5-6-12(11)15/h2-9H,1H3,(H,17,19). The smallest absolute Gasteiger partial charge is 0.270 e. The van der Waals surface area contributed by atoms with Gasteiger partial charge >= 0.3 is 0 Å². The summed E-state index contributed by atoms with van der Waals surface area (Å²) in [5, 5.41) is 13.2. The molecule has 21 heavy (non-hydrogen) atoms. The maximum Gasteiger partial charge on any atom is 0.270 e. The quantitative estimate of drug-likeness (QED) is 0.692. The molecule has 1 amide bonds. The lowest BCUT2D eigenvalue weighted by Crippen LogP contribution is -2.28. The average molecular weight is 289 g/mol. The SMILES string of the molecule is CC(NC(=O)c1cc([N+](=O)[O-])ccc1F)c1ccccn1. The number of hydrogen-bond donors (Lipinski definition) is 1. The van der Waals surface area contributed by atoms with Crippen LogP contribution < -0.4 is 5.32 Å². The number of halogens is 1. The molecule has 0 fully saturated rings. The number of hydrogen-bond acceptors (Lipinski definition) is 4. The third kappa shape index (κ3) is 3.38. The largest absolute Gasteiger partial charge is 0.344 e. The first-order valence-corrected chi connectivity index (χ1v) is 6.15. The lowest BCUT2D eigenvalue weighted by molar-refractivity contribution is -0.384. The van der Waals surface area contributed by atoms with Gasteiger partial charge < -0.3 is 5.32 Å². The predicted octanol–water partition coefficient (Wildman–Crippen LogP) is 2.62. The topological polar surface area (TPSA) is 85.1 Å². The van der Waals surface area contributed by atoms with Crippen LogP contribution in [0.15, 0.2) is 42.6 Å². The van der Waals surface area contributed by atoms with Crippen molar-refractivity contribution in [2.24, 2.45) is 0 Å². The molecule has 1 unspecified atom stereocenters. The number of nitrogens with zero attached hydrogens (tertiary/aromatic N) is 2. The summed E-state index contributed by atoms with van der Waals surface area (Å²) in [6, 6.07) is 7.59. The second-order valence-electron chi connectivity index (χ2n) is 4.37. The number of non-ortho nitro benzene ring substituents is 1. The molecule has 0 bridgehead atoms. The van der Waals surface area contributed by atoms with Crippen molar-refractivity contribution in [2.75, 3.05) is 0 Å². The number of rotatable bonds is 4. The van der Waals surface area contributed by atoms with Crippen molar-refractivity contribution in [3.63, 3.8) is 0 Å². The van der Waals surface area contributed by atoms with Gasteiger partial charge in [0.05, 0.1) is 22.2 Å². The molecule has 0 saturated heterocycles. The van der Waals surface area contributed by atoms with Gasteiger partial charge in [-0.25, -0.2) is 4.39 Å². The van der Waals surface area contributed by atoms with Gasteiger partial charge in [-0.3, -0.25) is 19.9 Å². The zero-order chi connectivity index (χ0) is 15.4. The number of aromatic nitrogens is 1. The Balaban J connectivity index is 2.21. The number of nitrogens with one attached hydrogen (secondary N) is 1. The fourth-order valence-corrected chi connectivity index (χ4v) is 1.78. The normalized spacial score (nSPS) is 11.7. The third-order valence-electron chi connectivity index (χ3n) is 2.88. The molecule has 0 saturated carbocycles. The van der Waals surface area contributed by atoms with Gasteiger partial charge in [-0.2, -0.15) is 0 Å². The number of amides is 1. The van der Waals surface area contributed by atoms with Crippen LogP contribution in [0.2, 0.25) is 0 Å². The molecular formula is C14H12FN3O3. The predicted molar refractivity (Wildman–Crippen MR) is 73.2 cm³/mol. The van der Waals surface area contributed by atoms with Gasteiger partial charge in [0.2, 0.25) is 0 Å². The molecule has 1 aromatic carbocycles. The Hall–Kier alpha value is -2.83.